The highest BCUT2D eigenvalue weighted by Gasteiger charge is 2.04. The van der Waals surface area contributed by atoms with E-state index in [2.05, 4.69) is 6.92 Å². The zero-order valence-corrected chi connectivity index (χ0v) is 14.9. The van der Waals surface area contributed by atoms with Gasteiger partial charge in [0.05, 0.1) is 19.7 Å². The Morgan fingerprint density at radius 2 is 1.71 bits per heavy atom. The van der Waals surface area contributed by atoms with Crippen LogP contribution in [0.1, 0.15) is 63.9 Å². The van der Waals surface area contributed by atoms with Crippen LogP contribution in [0.15, 0.2) is 24.3 Å². The molecule has 0 aliphatic rings. The van der Waals surface area contributed by atoms with E-state index in [0.29, 0.717) is 18.1 Å². The summed E-state index contributed by atoms with van der Waals surface area (Å²) in [5, 5.41) is 10.5. The second-order valence-electron chi connectivity index (χ2n) is 5.89. The Labute approximate surface area is 145 Å². The SMILES string of the molecule is CCCCCCCCCCOc1cc(/C=C/C(=O)[O-])ccc1OC. The molecule has 0 aliphatic heterocycles. The van der Waals surface area contributed by atoms with Gasteiger partial charge in [-0.1, -0.05) is 64.0 Å². The van der Waals surface area contributed by atoms with Crippen LogP contribution in [-0.4, -0.2) is 19.7 Å². The van der Waals surface area contributed by atoms with E-state index in [1.807, 2.05) is 0 Å². The summed E-state index contributed by atoms with van der Waals surface area (Å²) in [6.45, 7) is 2.87. The lowest BCUT2D eigenvalue weighted by atomic mass is 10.1. The molecule has 0 spiro atoms. The predicted molar refractivity (Wildman–Crippen MR) is 95.1 cm³/mol. The van der Waals surface area contributed by atoms with Gasteiger partial charge in [0.1, 0.15) is 0 Å². The maximum Gasteiger partial charge on any atom is 0.161 e. The number of carboxylic acids is 1. The molecule has 1 aromatic carbocycles. The Hall–Kier alpha value is -1.97. The summed E-state index contributed by atoms with van der Waals surface area (Å²) in [6.07, 6.45) is 12.5. The van der Waals surface area contributed by atoms with Crippen molar-refractivity contribution in [3.63, 3.8) is 0 Å². The second kappa shape index (κ2) is 12.5. The van der Waals surface area contributed by atoms with E-state index in [9.17, 15) is 9.90 Å². The molecule has 0 aliphatic carbocycles. The first kappa shape index (κ1) is 20.1. The first-order valence-electron chi connectivity index (χ1n) is 8.87. The average molecular weight is 333 g/mol. The summed E-state index contributed by atoms with van der Waals surface area (Å²) in [4.78, 5) is 10.5. The molecule has 0 amide bonds. The molecule has 0 fully saturated rings. The van der Waals surface area contributed by atoms with Gasteiger partial charge in [0.15, 0.2) is 11.5 Å². The summed E-state index contributed by atoms with van der Waals surface area (Å²) in [5.41, 5.74) is 0.742. The quantitative estimate of drug-likeness (QED) is 0.405. The Morgan fingerprint density at radius 1 is 1.04 bits per heavy atom. The first-order valence-corrected chi connectivity index (χ1v) is 8.87. The van der Waals surface area contributed by atoms with Crippen LogP contribution in [0.3, 0.4) is 0 Å². The molecule has 0 N–H and O–H groups in total. The molecule has 4 heteroatoms. The van der Waals surface area contributed by atoms with Gasteiger partial charge in [0.25, 0.3) is 0 Å². The lowest BCUT2D eigenvalue weighted by Gasteiger charge is -2.11. The van der Waals surface area contributed by atoms with Crippen LogP contribution < -0.4 is 14.6 Å². The Morgan fingerprint density at radius 3 is 2.33 bits per heavy atom. The van der Waals surface area contributed by atoms with Gasteiger partial charge in [-0.15, -0.1) is 0 Å². The highest BCUT2D eigenvalue weighted by molar-refractivity contribution is 5.83. The van der Waals surface area contributed by atoms with Gasteiger partial charge in [-0.05, 0) is 30.2 Å². The molecule has 0 atom stereocenters. The molecule has 4 nitrogen and oxygen atoms in total. The number of carbonyl (C=O) groups is 1. The van der Waals surface area contributed by atoms with E-state index >= 15 is 0 Å². The molecule has 0 aromatic heterocycles. The fourth-order valence-electron chi connectivity index (χ4n) is 2.49. The Kier molecular flexibility index (Phi) is 10.4. The molecule has 0 saturated carbocycles. The van der Waals surface area contributed by atoms with Gasteiger partial charge < -0.3 is 19.4 Å². The fraction of sp³-hybridized carbons (Fsp3) is 0.550. The molecule has 1 rings (SSSR count). The van der Waals surface area contributed by atoms with E-state index < -0.39 is 5.97 Å². The van der Waals surface area contributed by atoms with Gasteiger partial charge in [0.2, 0.25) is 0 Å². The number of methoxy groups -OCH3 is 1. The van der Waals surface area contributed by atoms with Crippen molar-refractivity contribution < 1.29 is 19.4 Å². The number of carbonyl (C=O) groups excluding carboxylic acids is 1. The summed E-state index contributed by atoms with van der Waals surface area (Å²) < 4.78 is 11.1. The smallest absolute Gasteiger partial charge is 0.161 e. The standard InChI is InChI=1S/C20H30O4/c1-3-4-5-6-7-8-9-10-15-24-19-16-17(12-14-20(21)22)11-13-18(19)23-2/h11-14,16H,3-10,15H2,1-2H3,(H,21,22)/p-1/b14-12+. The minimum atomic E-state index is -1.22. The van der Waals surface area contributed by atoms with Crippen molar-refractivity contribution in [2.45, 2.75) is 58.3 Å². The number of benzene rings is 1. The van der Waals surface area contributed by atoms with Gasteiger partial charge in [-0.2, -0.15) is 0 Å². The number of rotatable bonds is 13. The Bertz CT molecular complexity index is 508. The van der Waals surface area contributed by atoms with E-state index in [1.54, 1.807) is 25.3 Å². The van der Waals surface area contributed by atoms with E-state index in [-0.39, 0.29) is 0 Å². The molecule has 134 valence electrons. The van der Waals surface area contributed by atoms with Gasteiger partial charge >= 0.3 is 0 Å². The highest BCUT2D eigenvalue weighted by Crippen LogP contribution is 2.28. The van der Waals surface area contributed by atoms with Crippen LogP contribution in [0.5, 0.6) is 11.5 Å². The Balaban J connectivity index is 2.35. The molecular formula is C20H29O4-. The van der Waals surface area contributed by atoms with Crippen LogP contribution in [0, 0.1) is 0 Å². The molecule has 24 heavy (non-hydrogen) atoms. The summed E-state index contributed by atoms with van der Waals surface area (Å²) >= 11 is 0. The lowest BCUT2D eigenvalue weighted by Crippen LogP contribution is -2.18. The third kappa shape index (κ3) is 8.61. The first-order chi connectivity index (χ1) is 11.7. The van der Waals surface area contributed by atoms with Crippen LogP contribution in [0.2, 0.25) is 0 Å². The predicted octanol–water partition coefficient (Wildman–Crippen LogP) is 3.98. The third-order valence-corrected chi connectivity index (χ3v) is 3.86. The van der Waals surface area contributed by atoms with Crippen LogP contribution >= 0.6 is 0 Å². The van der Waals surface area contributed by atoms with Crippen molar-refractivity contribution in [1.82, 2.24) is 0 Å². The van der Waals surface area contributed by atoms with Crippen molar-refractivity contribution in [3.8, 4) is 11.5 Å². The maximum absolute atomic E-state index is 10.5. The molecule has 0 saturated heterocycles. The third-order valence-electron chi connectivity index (χ3n) is 3.86. The van der Waals surface area contributed by atoms with Crippen molar-refractivity contribution in [1.29, 1.82) is 0 Å². The number of carboxylic acid groups (broad SMARTS) is 1. The lowest BCUT2D eigenvalue weighted by molar-refractivity contribution is -0.297. The van der Waals surface area contributed by atoms with Crippen LogP contribution in [-0.2, 0) is 4.79 Å². The van der Waals surface area contributed by atoms with Crippen LogP contribution in [0.25, 0.3) is 6.08 Å². The number of hydrogen-bond donors (Lipinski definition) is 0. The van der Waals surface area contributed by atoms with Crippen molar-refractivity contribution in [3.05, 3.63) is 29.8 Å². The molecule has 0 heterocycles. The second-order valence-corrected chi connectivity index (χ2v) is 5.89. The molecular weight excluding hydrogens is 304 g/mol. The zero-order chi connectivity index (χ0) is 17.6. The average Bonchev–Trinajstić information content (AvgIpc) is 2.58. The van der Waals surface area contributed by atoms with E-state index in [0.717, 1.165) is 18.1 Å². The minimum absolute atomic E-state index is 0.638. The zero-order valence-electron chi connectivity index (χ0n) is 14.9. The normalized spacial score (nSPS) is 10.9. The topological polar surface area (TPSA) is 58.6 Å². The van der Waals surface area contributed by atoms with Gasteiger partial charge in [0, 0.05) is 0 Å². The number of aliphatic carboxylic acids is 1. The van der Waals surface area contributed by atoms with Gasteiger partial charge in [-0.3, -0.25) is 0 Å². The molecule has 0 radical (unpaired) electrons. The summed E-state index contributed by atoms with van der Waals surface area (Å²) in [7, 11) is 1.59. The largest absolute Gasteiger partial charge is 0.545 e. The molecule has 0 bridgehead atoms. The van der Waals surface area contributed by atoms with Crippen molar-refractivity contribution >= 4 is 12.0 Å². The van der Waals surface area contributed by atoms with E-state index in [4.69, 9.17) is 9.47 Å². The van der Waals surface area contributed by atoms with Crippen LogP contribution in [0.4, 0.5) is 0 Å². The molecule has 1 aromatic rings. The monoisotopic (exact) mass is 333 g/mol. The van der Waals surface area contributed by atoms with Crippen molar-refractivity contribution in [2.75, 3.05) is 13.7 Å². The summed E-state index contributed by atoms with van der Waals surface area (Å²) in [6, 6.07) is 5.34. The minimum Gasteiger partial charge on any atom is -0.545 e. The number of ether oxygens (including phenoxy) is 2. The highest BCUT2D eigenvalue weighted by atomic mass is 16.5. The van der Waals surface area contributed by atoms with Gasteiger partial charge in [-0.25, -0.2) is 0 Å². The number of hydrogen-bond acceptors (Lipinski definition) is 4. The number of unbranched alkanes of at least 4 members (excludes halogenated alkanes) is 7. The molecule has 0 unspecified atom stereocenters. The maximum atomic E-state index is 10.5. The summed E-state index contributed by atoms with van der Waals surface area (Å²) in [5.74, 6) is 0.0772. The van der Waals surface area contributed by atoms with E-state index in [1.165, 1.54) is 51.0 Å². The fourth-order valence-corrected chi connectivity index (χ4v) is 2.49. The van der Waals surface area contributed by atoms with Crippen molar-refractivity contribution in [2.24, 2.45) is 0 Å².